The summed E-state index contributed by atoms with van der Waals surface area (Å²) < 4.78 is 6.73. The Balaban J connectivity index is 2.78. The molecule has 0 amide bonds. The molecule has 1 rings (SSSR count). The molecule has 0 aromatic carbocycles. The summed E-state index contributed by atoms with van der Waals surface area (Å²) in [5, 5.41) is 0.329. The van der Waals surface area contributed by atoms with E-state index in [-0.39, 0.29) is 0 Å². The van der Waals surface area contributed by atoms with Crippen molar-refractivity contribution in [2.45, 2.75) is 85.0 Å². The topological polar surface area (TPSA) is 9.23 Å². The zero-order valence-electron chi connectivity index (χ0n) is 13.8. The fourth-order valence-electron chi connectivity index (χ4n) is 2.81. The van der Waals surface area contributed by atoms with Crippen LogP contribution in [0.2, 0.25) is 18.1 Å². The van der Waals surface area contributed by atoms with E-state index in [0.29, 0.717) is 11.1 Å². The molecule has 1 aliphatic rings. The molecule has 0 bridgehead atoms. The van der Waals surface area contributed by atoms with Crippen molar-refractivity contribution in [1.29, 1.82) is 0 Å². The van der Waals surface area contributed by atoms with E-state index in [4.69, 9.17) is 4.43 Å². The highest BCUT2D eigenvalue weighted by Gasteiger charge is 2.42. The smallest absolute Gasteiger partial charge is 0.192 e. The van der Waals surface area contributed by atoms with Gasteiger partial charge >= 0.3 is 0 Å². The van der Waals surface area contributed by atoms with Crippen LogP contribution >= 0.6 is 0 Å². The molecule has 1 aliphatic carbocycles. The third kappa shape index (κ3) is 3.83. The summed E-state index contributed by atoms with van der Waals surface area (Å²) in [7, 11) is -1.61. The lowest BCUT2D eigenvalue weighted by Gasteiger charge is -2.45. The van der Waals surface area contributed by atoms with Crippen molar-refractivity contribution in [2.24, 2.45) is 17.8 Å². The summed E-state index contributed by atoms with van der Waals surface area (Å²) >= 11 is 0. The lowest BCUT2D eigenvalue weighted by molar-refractivity contribution is 0.0355. The normalized spacial score (nSPS) is 30.8. The van der Waals surface area contributed by atoms with Crippen LogP contribution in [-0.2, 0) is 4.43 Å². The highest BCUT2D eigenvalue weighted by Crippen LogP contribution is 2.42. The van der Waals surface area contributed by atoms with Gasteiger partial charge in [0, 0.05) is 6.10 Å². The molecular weight excluding hydrogens is 236 g/mol. The van der Waals surface area contributed by atoms with Gasteiger partial charge in [-0.3, -0.25) is 0 Å². The van der Waals surface area contributed by atoms with Crippen LogP contribution in [0.1, 0.15) is 60.8 Å². The second-order valence-corrected chi connectivity index (χ2v) is 13.0. The van der Waals surface area contributed by atoms with Gasteiger partial charge in [-0.15, -0.1) is 0 Å². The first-order chi connectivity index (χ1) is 8.04. The molecule has 0 N–H and O–H groups in total. The first kappa shape index (κ1) is 16.2. The highest BCUT2D eigenvalue weighted by atomic mass is 28.4. The average molecular weight is 271 g/mol. The molecular formula is C16H34OSi. The number of hydrogen-bond acceptors (Lipinski definition) is 1. The molecule has 2 heteroatoms. The van der Waals surface area contributed by atoms with Gasteiger partial charge in [0.1, 0.15) is 0 Å². The van der Waals surface area contributed by atoms with Crippen LogP contribution in [0.4, 0.5) is 0 Å². The molecule has 1 saturated carbocycles. The largest absolute Gasteiger partial charge is 0.414 e. The summed E-state index contributed by atoms with van der Waals surface area (Å²) in [5.41, 5.74) is 0. The lowest BCUT2D eigenvalue weighted by atomic mass is 9.75. The summed E-state index contributed by atoms with van der Waals surface area (Å²) in [6.07, 6.45) is 4.53. The van der Waals surface area contributed by atoms with Crippen molar-refractivity contribution < 1.29 is 4.43 Å². The Morgan fingerprint density at radius 3 is 2.11 bits per heavy atom. The Labute approximate surface area is 116 Å². The average Bonchev–Trinajstić information content (AvgIpc) is 2.14. The maximum Gasteiger partial charge on any atom is 0.192 e. The van der Waals surface area contributed by atoms with E-state index in [1.54, 1.807) is 0 Å². The summed E-state index contributed by atoms with van der Waals surface area (Å²) in [6, 6.07) is 0. The van der Waals surface area contributed by atoms with E-state index in [2.05, 4.69) is 54.6 Å². The molecule has 1 nitrogen and oxygen atoms in total. The predicted octanol–water partition coefficient (Wildman–Crippen LogP) is 5.47. The van der Waals surface area contributed by atoms with Crippen LogP contribution in [0.15, 0.2) is 0 Å². The molecule has 1 fully saturated rings. The van der Waals surface area contributed by atoms with Crippen molar-refractivity contribution in [2.75, 3.05) is 0 Å². The molecule has 108 valence electrons. The van der Waals surface area contributed by atoms with E-state index < -0.39 is 8.32 Å². The maximum atomic E-state index is 6.73. The maximum absolute atomic E-state index is 6.73. The molecule has 0 radical (unpaired) electrons. The molecule has 0 aliphatic heterocycles. The van der Waals surface area contributed by atoms with E-state index in [9.17, 15) is 0 Å². The Morgan fingerprint density at radius 1 is 1.11 bits per heavy atom. The van der Waals surface area contributed by atoms with Crippen molar-refractivity contribution in [3.63, 3.8) is 0 Å². The van der Waals surface area contributed by atoms with Crippen LogP contribution < -0.4 is 0 Å². The SMILES string of the molecule is CC(C)[C@H]1CC[C@H](C)C[C@@H]1O[Si](C)(C)C(C)(C)C. The molecule has 3 atom stereocenters. The quantitative estimate of drug-likeness (QED) is 0.618. The van der Waals surface area contributed by atoms with Gasteiger partial charge in [0.15, 0.2) is 8.32 Å². The fraction of sp³-hybridized carbons (Fsp3) is 1.00. The minimum absolute atomic E-state index is 0.329. The zero-order chi connectivity index (χ0) is 14.1. The summed E-state index contributed by atoms with van der Waals surface area (Å²) in [4.78, 5) is 0. The van der Waals surface area contributed by atoms with Gasteiger partial charge in [-0.1, -0.05) is 48.0 Å². The fourth-order valence-corrected chi connectivity index (χ4v) is 4.19. The van der Waals surface area contributed by atoms with Gasteiger partial charge in [0.2, 0.25) is 0 Å². The third-order valence-corrected chi connectivity index (χ3v) is 9.72. The summed E-state index contributed by atoms with van der Waals surface area (Å²) in [5.74, 6) is 2.37. The van der Waals surface area contributed by atoms with Crippen molar-refractivity contribution in [1.82, 2.24) is 0 Å². The second kappa shape index (κ2) is 5.66. The van der Waals surface area contributed by atoms with Crippen LogP contribution in [0.3, 0.4) is 0 Å². The molecule has 0 spiro atoms. The van der Waals surface area contributed by atoms with Crippen molar-refractivity contribution in [3.8, 4) is 0 Å². The first-order valence-corrected chi connectivity index (χ1v) is 10.6. The Morgan fingerprint density at radius 2 is 1.67 bits per heavy atom. The molecule has 0 aromatic heterocycles. The van der Waals surface area contributed by atoms with E-state index in [1.165, 1.54) is 19.3 Å². The lowest BCUT2D eigenvalue weighted by Crippen LogP contribution is -2.48. The van der Waals surface area contributed by atoms with Gasteiger partial charge in [-0.05, 0) is 48.7 Å². The van der Waals surface area contributed by atoms with Gasteiger partial charge in [-0.25, -0.2) is 0 Å². The Bertz CT molecular complexity index is 265. The van der Waals surface area contributed by atoms with Gasteiger partial charge in [0.25, 0.3) is 0 Å². The Hall–Kier alpha value is 0.177. The summed E-state index contributed by atoms with van der Waals surface area (Å²) in [6.45, 7) is 18.9. The zero-order valence-corrected chi connectivity index (χ0v) is 14.8. The van der Waals surface area contributed by atoms with Crippen LogP contribution in [0, 0.1) is 17.8 Å². The van der Waals surface area contributed by atoms with Crippen LogP contribution in [0.25, 0.3) is 0 Å². The molecule has 18 heavy (non-hydrogen) atoms. The van der Waals surface area contributed by atoms with E-state index in [0.717, 1.165) is 17.8 Å². The van der Waals surface area contributed by atoms with Gasteiger partial charge < -0.3 is 4.43 Å². The minimum Gasteiger partial charge on any atom is -0.414 e. The van der Waals surface area contributed by atoms with Crippen LogP contribution in [0.5, 0.6) is 0 Å². The predicted molar refractivity (Wildman–Crippen MR) is 83.4 cm³/mol. The highest BCUT2D eigenvalue weighted by molar-refractivity contribution is 6.74. The van der Waals surface area contributed by atoms with Gasteiger partial charge in [0.05, 0.1) is 0 Å². The van der Waals surface area contributed by atoms with E-state index in [1.807, 2.05) is 0 Å². The minimum atomic E-state index is -1.61. The molecule has 0 unspecified atom stereocenters. The first-order valence-electron chi connectivity index (χ1n) is 7.72. The standard InChI is InChI=1S/C16H34OSi/c1-12(2)14-10-9-13(3)11-15(14)17-18(7,8)16(4,5)6/h12-15H,9-11H2,1-8H3/t13-,14+,15-/m0/s1. The Kier molecular flexibility index (Phi) is 5.11. The van der Waals surface area contributed by atoms with Crippen molar-refractivity contribution >= 4 is 8.32 Å². The second-order valence-electron chi connectivity index (χ2n) is 8.24. The number of rotatable bonds is 3. The van der Waals surface area contributed by atoms with Crippen molar-refractivity contribution in [3.05, 3.63) is 0 Å². The van der Waals surface area contributed by atoms with Crippen LogP contribution in [-0.4, -0.2) is 14.4 Å². The third-order valence-electron chi connectivity index (χ3n) is 5.21. The molecule has 0 heterocycles. The molecule has 0 aromatic rings. The monoisotopic (exact) mass is 270 g/mol. The molecule has 0 saturated heterocycles. The van der Waals surface area contributed by atoms with Gasteiger partial charge in [-0.2, -0.15) is 0 Å². The number of hydrogen-bond donors (Lipinski definition) is 0. The van der Waals surface area contributed by atoms with E-state index >= 15 is 0 Å².